The van der Waals surface area contributed by atoms with E-state index in [-0.39, 0.29) is 0 Å². The monoisotopic (exact) mass is 565 g/mol. The van der Waals surface area contributed by atoms with Gasteiger partial charge in [0, 0.05) is 0 Å². The van der Waals surface area contributed by atoms with Gasteiger partial charge in [0.15, 0.2) is 0 Å². The van der Waals surface area contributed by atoms with Crippen LogP contribution in [-0.2, 0) is 11.1 Å². The van der Waals surface area contributed by atoms with E-state index in [4.69, 9.17) is 0 Å². The Kier molecular flexibility index (Phi) is 2.89. The van der Waals surface area contributed by atoms with E-state index >= 15 is 0 Å². The van der Waals surface area contributed by atoms with Crippen LogP contribution in [0.2, 0.25) is 37.5 Å². The molecule has 0 aromatic heterocycles. The molecule has 0 radical (unpaired) electrons. The molecule has 0 aliphatic heterocycles. The Morgan fingerprint density at radius 1 is 0.310 bits per heavy atom. The maximum atomic E-state index is 2.80. The van der Waals surface area contributed by atoms with Crippen molar-refractivity contribution in [3.8, 4) is 0 Å². The maximum absolute atomic E-state index is 5.39. The predicted molar refractivity (Wildman–Crippen MR) is 128 cm³/mol. The van der Waals surface area contributed by atoms with Gasteiger partial charge in [0.2, 0.25) is 0 Å². The van der Waals surface area contributed by atoms with E-state index < -0.39 is 11.1 Å². The van der Waals surface area contributed by atoms with E-state index in [1.165, 1.54) is 0 Å². The molecule has 0 spiro atoms. The van der Waals surface area contributed by atoms with E-state index in [0.717, 1.165) is 0 Å². The van der Waals surface area contributed by atoms with Gasteiger partial charge in [-0.15, -0.1) is 0 Å². The molecule has 0 heterocycles. The van der Waals surface area contributed by atoms with Gasteiger partial charge in [-0.3, -0.25) is 0 Å². The Hall–Kier alpha value is -1.91. The molecule has 5 aliphatic rings. The molecule has 0 aromatic rings. The molecule has 0 fully saturated rings. The Bertz CT molecular complexity index is 875. The van der Waals surface area contributed by atoms with Crippen LogP contribution in [-0.4, -0.2) is 0 Å². The zero-order valence-corrected chi connectivity index (χ0v) is 20.0. The van der Waals surface area contributed by atoms with Crippen LogP contribution in [0.4, 0.5) is 0 Å². The quantitative estimate of drug-likeness (QED) is 0.312. The van der Waals surface area contributed by atoms with Crippen LogP contribution < -0.4 is 0 Å². The minimum absolute atomic E-state index is 0.350. The molecular weight excluding hydrogens is 531 g/mol. The van der Waals surface area contributed by atoms with Crippen molar-refractivity contribution in [1.29, 1.82) is 0 Å². The Labute approximate surface area is 169 Å². The summed E-state index contributed by atoms with van der Waals surface area (Å²) in [6, 6.07) is 0. The standard InChI is InChI=1S/5C5H5.3CH3.Pt/c5*1-2-4-5-3-1;;;;/h5*1-5H;3*1H3;/q;;;;;;;;-4. The molecule has 0 atom stereocenters. The first-order valence-corrected chi connectivity index (χ1v) is 23.6. The summed E-state index contributed by atoms with van der Waals surface area (Å²) in [6.07, 6.45) is 48.2. The van der Waals surface area contributed by atoms with Crippen LogP contribution in [0.1, 0.15) is 0 Å². The van der Waals surface area contributed by atoms with Crippen molar-refractivity contribution >= 4 is 0 Å². The first-order valence-electron chi connectivity index (χ1n) is 10.2. The van der Waals surface area contributed by atoms with Gasteiger partial charge in [-0.25, -0.2) is 0 Å². The Balaban J connectivity index is 2.16. The average molecular weight is 566 g/mol. The molecular formula is C28H34Pt-4. The summed E-state index contributed by atoms with van der Waals surface area (Å²) in [5.74, 6) is 0. The normalized spacial score (nSPS) is 29.5. The molecule has 0 saturated heterocycles. The van der Waals surface area contributed by atoms with E-state index in [9.17, 15) is 0 Å². The van der Waals surface area contributed by atoms with Crippen molar-refractivity contribution < 1.29 is 11.1 Å². The molecule has 0 saturated carbocycles. The van der Waals surface area contributed by atoms with Crippen LogP contribution in [0.5, 0.6) is 0 Å². The average Bonchev–Trinajstić information content (AvgIpc) is 3.58. The Morgan fingerprint density at radius 2 is 0.448 bits per heavy atom. The van der Waals surface area contributed by atoms with Gasteiger partial charge in [-0.1, -0.05) is 0 Å². The summed E-state index contributed by atoms with van der Waals surface area (Å²) >= 11 is -5.39. The van der Waals surface area contributed by atoms with Crippen molar-refractivity contribution in [1.82, 2.24) is 0 Å². The summed E-state index contributed by atoms with van der Waals surface area (Å²) in [5, 5.41) is 8.41. The third kappa shape index (κ3) is 1.42. The zero-order valence-electron chi connectivity index (χ0n) is 17.7. The summed E-state index contributed by atoms with van der Waals surface area (Å²) in [6.45, 7) is 0. The third-order valence-electron chi connectivity index (χ3n) is 8.98. The van der Waals surface area contributed by atoms with Gasteiger partial charge in [0.25, 0.3) is 0 Å². The zero-order chi connectivity index (χ0) is 20.4. The molecule has 0 nitrogen and oxygen atoms in total. The topological polar surface area (TPSA) is 0 Å². The molecule has 0 N–H and O–H groups in total. The van der Waals surface area contributed by atoms with Gasteiger partial charge in [0.05, 0.1) is 0 Å². The molecule has 29 heavy (non-hydrogen) atoms. The molecule has 0 amide bonds. The second-order valence-corrected chi connectivity index (χ2v) is 52.2. The van der Waals surface area contributed by atoms with Gasteiger partial charge >= 0.3 is 170 Å². The first kappa shape index (κ1) is 19.1. The molecule has 160 valence electrons. The molecule has 5 aliphatic carbocycles. The third-order valence-corrected chi connectivity index (χ3v) is 53.6. The van der Waals surface area contributed by atoms with Crippen molar-refractivity contribution in [3.63, 3.8) is 0 Å². The van der Waals surface area contributed by atoms with E-state index in [1.807, 2.05) is 0 Å². The molecule has 5 rings (SSSR count). The summed E-state index contributed by atoms with van der Waals surface area (Å²) in [5.41, 5.74) is 0. The van der Waals surface area contributed by atoms with Crippen molar-refractivity contribution in [2.75, 3.05) is 0 Å². The summed E-state index contributed by atoms with van der Waals surface area (Å²) in [4.78, 5) is 0. The van der Waals surface area contributed by atoms with E-state index in [2.05, 4.69) is 137 Å². The fourth-order valence-electron chi connectivity index (χ4n) is 6.59. The van der Waals surface area contributed by atoms with Gasteiger partial charge < -0.3 is 0 Å². The number of allylic oxidation sites excluding steroid dienone is 20. The van der Waals surface area contributed by atoms with E-state index in [1.54, 1.807) is 0 Å². The second-order valence-electron chi connectivity index (χ2n) is 10.6. The number of rotatable bonds is 5. The molecule has 1 heteroatoms. The van der Waals surface area contributed by atoms with Gasteiger partial charge in [-0.2, -0.15) is 0 Å². The molecule has 0 unspecified atom stereocenters. The summed E-state index contributed by atoms with van der Waals surface area (Å²) in [7, 11) is 0. The summed E-state index contributed by atoms with van der Waals surface area (Å²) < 4.78 is 1.75. The van der Waals surface area contributed by atoms with Crippen LogP contribution >= 0.6 is 0 Å². The van der Waals surface area contributed by atoms with Crippen LogP contribution in [0.3, 0.4) is 0 Å². The van der Waals surface area contributed by atoms with Gasteiger partial charge in [-0.05, 0) is 0 Å². The van der Waals surface area contributed by atoms with Crippen molar-refractivity contribution in [2.24, 2.45) is 0 Å². The number of hydrogen-bond acceptors (Lipinski definition) is 0. The van der Waals surface area contributed by atoms with Crippen LogP contribution in [0.15, 0.2) is 122 Å². The fourth-order valence-corrected chi connectivity index (χ4v) is 42.4. The van der Waals surface area contributed by atoms with Crippen molar-refractivity contribution in [3.05, 3.63) is 122 Å². The number of hydrogen-bond donors (Lipinski definition) is 0. The van der Waals surface area contributed by atoms with Gasteiger partial charge in [0.1, 0.15) is 0 Å². The van der Waals surface area contributed by atoms with Crippen LogP contribution in [0.25, 0.3) is 0 Å². The molecule has 0 aromatic carbocycles. The first-order chi connectivity index (χ1) is 13.7. The van der Waals surface area contributed by atoms with E-state index in [0.29, 0.717) is 21.5 Å². The fraction of sp³-hybridized carbons (Fsp3) is 0.286. The predicted octanol–water partition coefficient (Wildman–Crippen LogP) is 9.00. The van der Waals surface area contributed by atoms with Crippen molar-refractivity contribution in [2.45, 2.75) is 37.5 Å². The second kappa shape index (κ2) is 4.40. The van der Waals surface area contributed by atoms with Crippen LogP contribution in [0, 0.1) is 0 Å². The molecule has 0 bridgehead atoms. The Morgan fingerprint density at radius 3 is 0.586 bits per heavy atom. The SMILES string of the molecule is [CH3][Pt-4]([CH3])([CH3])([CH]1C=CC=C1)([CH]1C=CC=C1)([CH]1C=CC=C1)([CH]1C=CC=C1)[CH]1C=CC=C1. The minimum atomic E-state index is -5.39.